The quantitative estimate of drug-likeness (QED) is 0.760. The first-order valence-electron chi connectivity index (χ1n) is 6.15. The SMILES string of the molecule is CC1(C)OB(c2cnc(S(C)(=O)=O)c(F)c2)OC1(C)C. The summed E-state index contributed by atoms with van der Waals surface area (Å²) in [6.07, 6.45) is 2.18. The zero-order valence-electron chi connectivity index (χ0n) is 12.1. The molecule has 1 saturated heterocycles. The van der Waals surface area contributed by atoms with Crippen molar-refractivity contribution in [3.63, 3.8) is 0 Å². The second kappa shape index (κ2) is 4.51. The Labute approximate surface area is 118 Å². The molecule has 2 rings (SSSR count). The average molecular weight is 301 g/mol. The number of pyridine rings is 1. The van der Waals surface area contributed by atoms with Crippen LogP contribution in [0.5, 0.6) is 0 Å². The van der Waals surface area contributed by atoms with Crippen molar-refractivity contribution in [1.29, 1.82) is 0 Å². The maximum Gasteiger partial charge on any atom is 0.496 e. The monoisotopic (exact) mass is 301 g/mol. The summed E-state index contributed by atoms with van der Waals surface area (Å²) in [5.74, 6) is -0.903. The molecule has 0 spiro atoms. The molecule has 1 aliphatic rings. The van der Waals surface area contributed by atoms with E-state index in [0.29, 0.717) is 5.46 Å². The fourth-order valence-electron chi connectivity index (χ4n) is 1.82. The van der Waals surface area contributed by atoms with Gasteiger partial charge in [-0.25, -0.2) is 17.8 Å². The van der Waals surface area contributed by atoms with E-state index in [1.54, 1.807) is 0 Å². The predicted molar refractivity (Wildman–Crippen MR) is 73.0 cm³/mol. The van der Waals surface area contributed by atoms with Crippen LogP contribution in [0.15, 0.2) is 17.3 Å². The van der Waals surface area contributed by atoms with Crippen LogP contribution in [-0.2, 0) is 19.1 Å². The lowest BCUT2D eigenvalue weighted by Crippen LogP contribution is -2.41. The average Bonchev–Trinajstić information content (AvgIpc) is 2.46. The molecule has 1 aliphatic heterocycles. The molecule has 1 aromatic heterocycles. The molecule has 1 aromatic rings. The van der Waals surface area contributed by atoms with E-state index in [1.165, 1.54) is 6.20 Å². The zero-order valence-corrected chi connectivity index (χ0v) is 12.9. The fraction of sp³-hybridized carbons (Fsp3) is 0.583. The lowest BCUT2D eigenvalue weighted by molar-refractivity contribution is 0.00578. The van der Waals surface area contributed by atoms with Gasteiger partial charge in [-0.05, 0) is 33.8 Å². The number of halogens is 1. The maximum atomic E-state index is 13.8. The highest BCUT2D eigenvalue weighted by atomic mass is 32.2. The van der Waals surface area contributed by atoms with E-state index in [0.717, 1.165) is 12.3 Å². The first kappa shape index (κ1) is 15.4. The number of sulfone groups is 1. The van der Waals surface area contributed by atoms with Crippen molar-refractivity contribution in [3.8, 4) is 0 Å². The molecule has 20 heavy (non-hydrogen) atoms. The third-order valence-electron chi connectivity index (χ3n) is 3.71. The van der Waals surface area contributed by atoms with Gasteiger partial charge in [0.05, 0.1) is 11.2 Å². The Morgan fingerprint density at radius 3 is 2.10 bits per heavy atom. The van der Waals surface area contributed by atoms with Crippen LogP contribution in [0.25, 0.3) is 0 Å². The van der Waals surface area contributed by atoms with Crippen LogP contribution < -0.4 is 5.46 Å². The van der Waals surface area contributed by atoms with Gasteiger partial charge in [-0.15, -0.1) is 0 Å². The van der Waals surface area contributed by atoms with E-state index in [4.69, 9.17) is 9.31 Å². The fourth-order valence-corrected chi connectivity index (χ4v) is 2.48. The molecule has 0 atom stereocenters. The minimum Gasteiger partial charge on any atom is -0.399 e. The Balaban J connectivity index is 2.36. The molecule has 0 radical (unpaired) electrons. The van der Waals surface area contributed by atoms with Gasteiger partial charge in [-0.3, -0.25) is 0 Å². The van der Waals surface area contributed by atoms with Gasteiger partial charge < -0.3 is 9.31 Å². The smallest absolute Gasteiger partial charge is 0.399 e. The second-order valence-electron chi connectivity index (χ2n) is 5.92. The minimum atomic E-state index is -3.69. The van der Waals surface area contributed by atoms with Gasteiger partial charge in [0, 0.05) is 17.9 Å². The molecule has 0 saturated carbocycles. The Bertz CT molecular complexity index is 629. The van der Waals surface area contributed by atoms with E-state index < -0.39 is 39.0 Å². The number of hydrogen-bond donors (Lipinski definition) is 0. The van der Waals surface area contributed by atoms with Gasteiger partial charge in [0.2, 0.25) is 0 Å². The highest BCUT2D eigenvalue weighted by Gasteiger charge is 2.52. The lowest BCUT2D eigenvalue weighted by atomic mass is 9.80. The number of nitrogens with zero attached hydrogens (tertiary/aromatic N) is 1. The van der Waals surface area contributed by atoms with Crippen LogP contribution in [0, 0.1) is 5.82 Å². The van der Waals surface area contributed by atoms with Gasteiger partial charge in [0.15, 0.2) is 20.7 Å². The van der Waals surface area contributed by atoms with Crippen LogP contribution in [0.1, 0.15) is 27.7 Å². The highest BCUT2D eigenvalue weighted by Crippen LogP contribution is 2.36. The minimum absolute atomic E-state index is 0.355. The topological polar surface area (TPSA) is 65.5 Å². The van der Waals surface area contributed by atoms with E-state index in [9.17, 15) is 12.8 Å². The molecular weight excluding hydrogens is 284 g/mol. The van der Waals surface area contributed by atoms with E-state index in [1.807, 2.05) is 27.7 Å². The van der Waals surface area contributed by atoms with Crippen LogP contribution in [0.3, 0.4) is 0 Å². The standard InChI is InChI=1S/C12H17BFNO4S/c1-11(2)12(3,4)19-13(18-11)8-6-9(14)10(15-7-8)20(5,16)17/h6-7H,1-5H3. The molecule has 0 aliphatic carbocycles. The molecule has 0 amide bonds. The summed E-state index contributed by atoms with van der Waals surface area (Å²) >= 11 is 0. The van der Waals surface area contributed by atoms with Gasteiger partial charge in [0.1, 0.15) is 0 Å². The summed E-state index contributed by atoms with van der Waals surface area (Å²) in [6, 6.07) is 1.09. The van der Waals surface area contributed by atoms with Gasteiger partial charge in [-0.1, -0.05) is 0 Å². The number of hydrogen-bond acceptors (Lipinski definition) is 5. The van der Waals surface area contributed by atoms with E-state index >= 15 is 0 Å². The maximum absolute atomic E-state index is 13.8. The lowest BCUT2D eigenvalue weighted by Gasteiger charge is -2.32. The largest absolute Gasteiger partial charge is 0.496 e. The first-order chi connectivity index (χ1) is 8.94. The zero-order chi connectivity index (χ0) is 15.3. The van der Waals surface area contributed by atoms with Crippen LogP contribution in [0.2, 0.25) is 0 Å². The van der Waals surface area contributed by atoms with Crippen molar-refractivity contribution in [2.75, 3.05) is 6.26 Å². The van der Waals surface area contributed by atoms with Crippen LogP contribution >= 0.6 is 0 Å². The summed E-state index contributed by atoms with van der Waals surface area (Å²) in [6.45, 7) is 7.51. The predicted octanol–water partition coefficient (Wildman–Crippen LogP) is 0.923. The first-order valence-corrected chi connectivity index (χ1v) is 8.04. The summed E-state index contributed by atoms with van der Waals surface area (Å²) < 4.78 is 48.0. The molecule has 8 heteroatoms. The normalized spacial score (nSPS) is 21.2. The molecule has 5 nitrogen and oxygen atoms in total. The van der Waals surface area contributed by atoms with E-state index in [2.05, 4.69) is 4.98 Å². The Kier molecular flexibility index (Phi) is 3.47. The van der Waals surface area contributed by atoms with Crippen molar-refractivity contribution < 1.29 is 22.1 Å². The van der Waals surface area contributed by atoms with Gasteiger partial charge >= 0.3 is 7.12 Å². The van der Waals surface area contributed by atoms with Crippen molar-refractivity contribution >= 4 is 22.4 Å². The summed E-state index contributed by atoms with van der Waals surface area (Å²) in [5.41, 5.74) is -0.749. The molecular formula is C12H17BFNO4S. The van der Waals surface area contributed by atoms with Crippen molar-refractivity contribution in [2.45, 2.75) is 43.9 Å². The molecule has 0 bridgehead atoms. The highest BCUT2D eigenvalue weighted by molar-refractivity contribution is 7.90. The molecule has 1 fully saturated rings. The summed E-state index contributed by atoms with van der Waals surface area (Å²) in [4.78, 5) is 3.67. The Morgan fingerprint density at radius 1 is 1.20 bits per heavy atom. The van der Waals surface area contributed by atoms with Crippen molar-refractivity contribution in [3.05, 3.63) is 18.1 Å². The molecule has 0 aromatic carbocycles. The third-order valence-corrected chi connectivity index (χ3v) is 4.71. The van der Waals surface area contributed by atoms with Gasteiger partial charge in [-0.2, -0.15) is 0 Å². The molecule has 2 heterocycles. The second-order valence-corrected chi connectivity index (χ2v) is 7.85. The van der Waals surface area contributed by atoms with Gasteiger partial charge in [0.25, 0.3) is 0 Å². The molecule has 0 unspecified atom stereocenters. The Hall–Kier alpha value is -0.985. The molecule has 0 N–H and O–H groups in total. The Morgan fingerprint density at radius 2 is 1.70 bits per heavy atom. The summed E-state index contributed by atoms with van der Waals surface area (Å²) in [7, 11) is -4.46. The van der Waals surface area contributed by atoms with Crippen molar-refractivity contribution in [2.24, 2.45) is 0 Å². The molecule has 110 valence electrons. The third kappa shape index (κ3) is 2.59. The number of rotatable bonds is 2. The van der Waals surface area contributed by atoms with E-state index in [-0.39, 0.29) is 0 Å². The van der Waals surface area contributed by atoms with Crippen LogP contribution in [-0.4, -0.2) is 38.0 Å². The summed E-state index contributed by atoms with van der Waals surface area (Å²) in [5, 5.41) is -0.572. The number of aromatic nitrogens is 1. The van der Waals surface area contributed by atoms with Crippen LogP contribution in [0.4, 0.5) is 4.39 Å². The van der Waals surface area contributed by atoms with Crippen molar-refractivity contribution in [1.82, 2.24) is 4.98 Å².